The minimum atomic E-state index is -0.293. The van der Waals surface area contributed by atoms with Crippen LogP contribution in [0.5, 0.6) is 5.75 Å². The SMILES string of the molecule is Cc1cc(C)cc(OCc2c(C(=O)NCc3c(C)nn(C)c3C)noc2C)c1. The Hall–Kier alpha value is -3.09. The average molecular weight is 382 g/mol. The molecule has 1 amide bonds. The van der Waals surface area contributed by atoms with E-state index < -0.39 is 0 Å². The summed E-state index contributed by atoms with van der Waals surface area (Å²) in [4.78, 5) is 12.7. The molecule has 1 aromatic carbocycles. The van der Waals surface area contributed by atoms with Crippen molar-refractivity contribution < 1.29 is 14.1 Å². The number of hydrogen-bond donors (Lipinski definition) is 1. The third kappa shape index (κ3) is 4.08. The van der Waals surface area contributed by atoms with Crippen LogP contribution in [0.15, 0.2) is 22.7 Å². The van der Waals surface area contributed by atoms with Crippen LogP contribution in [0.2, 0.25) is 0 Å². The monoisotopic (exact) mass is 382 g/mol. The number of aromatic nitrogens is 3. The molecule has 7 nitrogen and oxygen atoms in total. The van der Waals surface area contributed by atoms with Crippen LogP contribution in [0.3, 0.4) is 0 Å². The maximum absolute atomic E-state index is 12.7. The van der Waals surface area contributed by atoms with E-state index in [9.17, 15) is 4.79 Å². The van der Waals surface area contributed by atoms with Gasteiger partial charge in [-0.3, -0.25) is 9.48 Å². The van der Waals surface area contributed by atoms with Gasteiger partial charge in [0.05, 0.1) is 11.3 Å². The number of hydrogen-bond acceptors (Lipinski definition) is 5. The molecule has 7 heteroatoms. The summed E-state index contributed by atoms with van der Waals surface area (Å²) in [5, 5.41) is 11.2. The first kappa shape index (κ1) is 19.7. The zero-order chi connectivity index (χ0) is 20.4. The highest BCUT2D eigenvalue weighted by Gasteiger charge is 2.21. The van der Waals surface area contributed by atoms with Crippen molar-refractivity contribution in [2.24, 2.45) is 7.05 Å². The van der Waals surface area contributed by atoms with Crippen molar-refractivity contribution in [2.45, 2.75) is 47.8 Å². The highest BCUT2D eigenvalue weighted by molar-refractivity contribution is 5.93. The minimum absolute atomic E-state index is 0.214. The van der Waals surface area contributed by atoms with Crippen molar-refractivity contribution in [1.29, 1.82) is 0 Å². The lowest BCUT2D eigenvalue weighted by molar-refractivity contribution is 0.0939. The number of nitrogens with one attached hydrogen (secondary N) is 1. The van der Waals surface area contributed by atoms with Gasteiger partial charge in [0.15, 0.2) is 5.69 Å². The van der Waals surface area contributed by atoms with Crippen LogP contribution < -0.4 is 10.1 Å². The first-order chi connectivity index (χ1) is 13.3. The van der Waals surface area contributed by atoms with E-state index in [1.165, 1.54) is 0 Å². The van der Waals surface area contributed by atoms with Crippen molar-refractivity contribution in [2.75, 3.05) is 0 Å². The van der Waals surface area contributed by atoms with Crippen molar-refractivity contribution in [1.82, 2.24) is 20.3 Å². The lowest BCUT2D eigenvalue weighted by atomic mass is 10.1. The first-order valence-electron chi connectivity index (χ1n) is 9.19. The number of benzene rings is 1. The van der Waals surface area contributed by atoms with Gasteiger partial charge in [-0.1, -0.05) is 11.2 Å². The second kappa shape index (κ2) is 7.88. The molecule has 0 fully saturated rings. The van der Waals surface area contributed by atoms with Gasteiger partial charge in [0.25, 0.3) is 5.91 Å². The Balaban J connectivity index is 1.71. The first-order valence-corrected chi connectivity index (χ1v) is 9.19. The lowest BCUT2D eigenvalue weighted by Gasteiger charge is -2.09. The van der Waals surface area contributed by atoms with E-state index in [1.807, 2.05) is 46.9 Å². The molecule has 0 bridgehead atoms. The van der Waals surface area contributed by atoms with Gasteiger partial charge < -0.3 is 14.6 Å². The summed E-state index contributed by atoms with van der Waals surface area (Å²) < 4.78 is 12.9. The number of aryl methyl sites for hydroxylation is 5. The zero-order valence-electron chi connectivity index (χ0n) is 17.2. The van der Waals surface area contributed by atoms with Gasteiger partial charge in [-0.15, -0.1) is 0 Å². The van der Waals surface area contributed by atoms with E-state index in [0.717, 1.165) is 33.8 Å². The second-order valence-electron chi connectivity index (χ2n) is 7.13. The Morgan fingerprint density at radius 3 is 2.39 bits per heavy atom. The maximum Gasteiger partial charge on any atom is 0.274 e. The van der Waals surface area contributed by atoms with Gasteiger partial charge in [0.1, 0.15) is 18.1 Å². The summed E-state index contributed by atoms with van der Waals surface area (Å²) in [7, 11) is 1.89. The minimum Gasteiger partial charge on any atom is -0.489 e. The fourth-order valence-corrected chi connectivity index (χ4v) is 3.24. The summed E-state index contributed by atoms with van der Waals surface area (Å²) in [6, 6.07) is 6.01. The number of amides is 1. The van der Waals surface area contributed by atoms with Gasteiger partial charge >= 0.3 is 0 Å². The van der Waals surface area contributed by atoms with E-state index >= 15 is 0 Å². The van der Waals surface area contributed by atoms with Crippen molar-refractivity contribution in [3.8, 4) is 5.75 Å². The largest absolute Gasteiger partial charge is 0.489 e. The Kier molecular flexibility index (Phi) is 5.53. The predicted octanol–water partition coefficient (Wildman–Crippen LogP) is 3.46. The molecule has 3 rings (SSSR count). The Morgan fingerprint density at radius 2 is 1.79 bits per heavy atom. The maximum atomic E-state index is 12.7. The Bertz CT molecular complexity index is 997. The molecule has 28 heavy (non-hydrogen) atoms. The highest BCUT2D eigenvalue weighted by atomic mass is 16.5. The van der Waals surface area contributed by atoms with Crippen molar-refractivity contribution >= 4 is 5.91 Å². The quantitative estimate of drug-likeness (QED) is 0.706. The van der Waals surface area contributed by atoms with Gasteiger partial charge in [0.2, 0.25) is 0 Å². The van der Waals surface area contributed by atoms with E-state index in [-0.39, 0.29) is 18.2 Å². The number of carbonyl (C=O) groups is 1. The van der Waals surface area contributed by atoms with Gasteiger partial charge in [-0.05, 0) is 57.9 Å². The third-order valence-electron chi connectivity index (χ3n) is 4.86. The van der Waals surface area contributed by atoms with Crippen LogP contribution >= 0.6 is 0 Å². The second-order valence-corrected chi connectivity index (χ2v) is 7.13. The molecule has 0 saturated heterocycles. The average Bonchev–Trinajstić information content (AvgIpc) is 3.10. The van der Waals surface area contributed by atoms with E-state index in [4.69, 9.17) is 9.26 Å². The molecular weight excluding hydrogens is 356 g/mol. The normalized spacial score (nSPS) is 10.9. The molecule has 148 valence electrons. The molecule has 3 aromatic rings. The standard InChI is InChI=1S/C21H26N4O3/c1-12-7-13(2)9-17(8-12)27-11-19-16(5)28-24-20(19)21(26)22-10-18-14(3)23-25(6)15(18)4/h7-9H,10-11H2,1-6H3,(H,22,26). The molecule has 2 aromatic heterocycles. The van der Waals surface area contributed by atoms with Crippen molar-refractivity contribution in [3.63, 3.8) is 0 Å². The molecule has 0 spiro atoms. The van der Waals surface area contributed by atoms with Crippen LogP contribution in [-0.4, -0.2) is 20.8 Å². The van der Waals surface area contributed by atoms with Gasteiger partial charge in [-0.25, -0.2) is 0 Å². The van der Waals surface area contributed by atoms with Crippen LogP contribution in [0.1, 0.15) is 49.9 Å². The lowest BCUT2D eigenvalue weighted by Crippen LogP contribution is -2.25. The molecule has 0 aliphatic carbocycles. The molecule has 0 saturated carbocycles. The third-order valence-corrected chi connectivity index (χ3v) is 4.86. The number of nitrogens with zero attached hydrogens (tertiary/aromatic N) is 3. The summed E-state index contributed by atoms with van der Waals surface area (Å²) in [5.74, 6) is 1.04. The van der Waals surface area contributed by atoms with Crippen LogP contribution in [0.25, 0.3) is 0 Å². The summed E-state index contributed by atoms with van der Waals surface area (Å²) in [6.45, 7) is 10.3. The van der Waals surface area contributed by atoms with E-state index in [0.29, 0.717) is 17.9 Å². The van der Waals surface area contributed by atoms with E-state index in [2.05, 4.69) is 21.6 Å². The van der Waals surface area contributed by atoms with E-state index in [1.54, 1.807) is 11.6 Å². The van der Waals surface area contributed by atoms with Crippen LogP contribution in [0.4, 0.5) is 0 Å². The Labute approximate surface area is 164 Å². The smallest absolute Gasteiger partial charge is 0.274 e. The topological polar surface area (TPSA) is 82.2 Å². The summed E-state index contributed by atoms with van der Waals surface area (Å²) in [5.41, 5.74) is 6.07. The zero-order valence-corrected chi connectivity index (χ0v) is 17.2. The molecule has 0 atom stereocenters. The molecule has 0 aliphatic rings. The summed E-state index contributed by atoms with van der Waals surface area (Å²) >= 11 is 0. The predicted molar refractivity (Wildman–Crippen MR) is 105 cm³/mol. The fourth-order valence-electron chi connectivity index (χ4n) is 3.24. The number of carbonyl (C=O) groups excluding carboxylic acids is 1. The molecule has 0 unspecified atom stereocenters. The molecule has 2 heterocycles. The summed E-state index contributed by atoms with van der Waals surface area (Å²) in [6.07, 6.45) is 0. The number of rotatable bonds is 6. The highest BCUT2D eigenvalue weighted by Crippen LogP contribution is 2.21. The van der Waals surface area contributed by atoms with Crippen molar-refractivity contribution in [3.05, 3.63) is 63.3 Å². The number of ether oxygens (including phenoxy) is 1. The van der Waals surface area contributed by atoms with Crippen LogP contribution in [0, 0.1) is 34.6 Å². The van der Waals surface area contributed by atoms with Crippen LogP contribution in [-0.2, 0) is 20.2 Å². The molecule has 1 N–H and O–H groups in total. The molecular formula is C21H26N4O3. The molecule has 0 radical (unpaired) electrons. The fraction of sp³-hybridized carbons (Fsp3) is 0.381. The Morgan fingerprint density at radius 1 is 1.11 bits per heavy atom. The van der Waals surface area contributed by atoms with Gasteiger partial charge in [0, 0.05) is 24.8 Å². The van der Waals surface area contributed by atoms with Gasteiger partial charge in [-0.2, -0.15) is 5.10 Å². The molecule has 0 aliphatic heterocycles.